The molecule has 0 aliphatic carbocycles. The maximum atomic E-state index is 10.1. The quantitative estimate of drug-likeness (QED) is 0.472. The summed E-state index contributed by atoms with van der Waals surface area (Å²) in [6.07, 6.45) is -0.738. The average molecular weight is 177 g/mol. The monoisotopic (exact) mass is 177 g/mol. The third-order valence-corrected chi connectivity index (χ3v) is 1.44. The van der Waals surface area contributed by atoms with Crippen molar-refractivity contribution in [3.8, 4) is 0 Å². The molecule has 0 saturated carbocycles. The van der Waals surface area contributed by atoms with Crippen LogP contribution in [0.3, 0.4) is 0 Å². The van der Waals surface area contributed by atoms with Crippen LogP contribution in [-0.2, 0) is 4.79 Å². The molecule has 0 heterocycles. The van der Waals surface area contributed by atoms with Gasteiger partial charge in [0.1, 0.15) is 0 Å². The molecule has 12 heavy (non-hydrogen) atoms. The SMILES string of the molecule is CN(CCC(=O)O)CC(O)CO. The van der Waals surface area contributed by atoms with Crippen molar-refractivity contribution in [3.63, 3.8) is 0 Å². The molecule has 0 aromatic carbocycles. The third-order valence-electron chi connectivity index (χ3n) is 1.44. The Hall–Kier alpha value is -0.650. The number of carboxylic acid groups (broad SMARTS) is 1. The third kappa shape index (κ3) is 6.09. The highest BCUT2D eigenvalue weighted by molar-refractivity contribution is 5.66. The highest BCUT2D eigenvalue weighted by atomic mass is 16.4. The Morgan fingerprint density at radius 1 is 1.58 bits per heavy atom. The molecule has 0 aromatic rings. The van der Waals surface area contributed by atoms with Crippen LogP contribution in [-0.4, -0.2) is 59.0 Å². The van der Waals surface area contributed by atoms with E-state index in [0.717, 1.165) is 0 Å². The summed E-state index contributed by atoms with van der Waals surface area (Å²) in [6.45, 7) is 0.383. The average Bonchev–Trinajstić information content (AvgIpc) is 2.00. The van der Waals surface area contributed by atoms with Gasteiger partial charge in [0.15, 0.2) is 0 Å². The lowest BCUT2D eigenvalue weighted by Crippen LogP contribution is -2.32. The number of hydrogen-bond acceptors (Lipinski definition) is 4. The van der Waals surface area contributed by atoms with Gasteiger partial charge in [-0.05, 0) is 7.05 Å². The van der Waals surface area contributed by atoms with Crippen molar-refractivity contribution < 1.29 is 20.1 Å². The Labute approximate surface area is 71.2 Å². The zero-order valence-corrected chi connectivity index (χ0v) is 7.10. The smallest absolute Gasteiger partial charge is 0.304 e. The molecule has 0 spiro atoms. The summed E-state index contributed by atoms with van der Waals surface area (Å²) in [5.41, 5.74) is 0. The lowest BCUT2D eigenvalue weighted by Gasteiger charge is -2.17. The number of carbonyl (C=O) groups is 1. The highest BCUT2D eigenvalue weighted by Crippen LogP contribution is 1.90. The van der Waals surface area contributed by atoms with Gasteiger partial charge in [0.25, 0.3) is 0 Å². The molecule has 0 radical (unpaired) electrons. The van der Waals surface area contributed by atoms with Gasteiger partial charge in [-0.1, -0.05) is 0 Å². The first-order chi connectivity index (χ1) is 5.56. The van der Waals surface area contributed by atoms with Gasteiger partial charge in [-0.25, -0.2) is 0 Å². The molecule has 0 fully saturated rings. The normalized spacial score (nSPS) is 13.3. The molecule has 0 saturated heterocycles. The molecule has 0 aliphatic rings. The Morgan fingerprint density at radius 3 is 2.58 bits per heavy atom. The molecule has 1 atom stereocenters. The molecule has 0 rings (SSSR count). The topological polar surface area (TPSA) is 81.0 Å². The van der Waals surface area contributed by atoms with E-state index in [2.05, 4.69) is 0 Å². The van der Waals surface area contributed by atoms with Gasteiger partial charge in [-0.3, -0.25) is 4.79 Å². The number of nitrogens with zero attached hydrogens (tertiary/aromatic N) is 1. The fourth-order valence-corrected chi connectivity index (χ4v) is 0.795. The molecule has 0 aliphatic heterocycles. The predicted octanol–water partition coefficient (Wildman–Crippen LogP) is -1.25. The number of carboxylic acids is 1. The lowest BCUT2D eigenvalue weighted by molar-refractivity contribution is -0.137. The fourth-order valence-electron chi connectivity index (χ4n) is 0.795. The van der Waals surface area contributed by atoms with E-state index in [1.54, 1.807) is 11.9 Å². The van der Waals surface area contributed by atoms with Crippen LogP contribution in [0.1, 0.15) is 6.42 Å². The first kappa shape index (κ1) is 11.4. The van der Waals surface area contributed by atoms with E-state index >= 15 is 0 Å². The fraction of sp³-hybridized carbons (Fsp3) is 0.857. The second-order valence-corrected chi connectivity index (χ2v) is 2.74. The van der Waals surface area contributed by atoms with Crippen LogP contribution >= 0.6 is 0 Å². The largest absolute Gasteiger partial charge is 0.481 e. The van der Waals surface area contributed by atoms with Crippen LogP contribution in [0.15, 0.2) is 0 Å². The van der Waals surface area contributed by atoms with E-state index in [4.69, 9.17) is 15.3 Å². The number of aliphatic carboxylic acids is 1. The Morgan fingerprint density at radius 2 is 2.17 bits per heavy atom. The Bertz CT molecular complexity index is 139. The minimum atomic E-state index is -0.861. The molecular weight excluding hydrogens is 162 g/mol. The van der Waals surface area contributed by atoms with Gasteiger partial charge in [0.2, 0.25) is 0 Å². The summed E-state index contributed by atoms with van der Waals surface area (Å²) in [6, 6.07) is 0. The van der Waals surface area contributed by atoms with Gasteiger partial charge < -0.3 is 20.2 Å². The van der Waals surface area contributed by atoms with Crippen molar-refractivity contribution in [2.24, 2.45) is 0 Å². The second kappa shape index (κ2) is 5.93. The minimum Gasteiger partial charge on any atom is -0.481 e. The van der Waals surface area contributed by atoms with Crippen LogP contribution in [0.4, 0.5) is 0 Å². The van der Waals surface area contributed by atoms with Crippen LogP contribution in [0.2, 0.25) is 0 Å². The van der Waals surface area contributed by atoms with Crippen LogP contribution in [0, 0.1) is 0 Å². The molecule has 0 bridgehead atoms. The first-order valence-corrected chi connectivity index (χ1v) is 3.75. The zero-order chi connectivity index (χ0) is 9.56. The molecule has 0 amide bonds. The van der Waals surface area contributed by atoms with Crippen LogP contribution in [0.25, 0.3) is 0 Å². The van der Waals surface area contributed by atoms with E-state index in [1.807, 2.05) is 0 Å². The van der Waals surface area contributed by atoms with Gasteiger partial charge in [-0.2, -0.15) is 0 Å². The number of hydrogen-bond donors (Lipinski definition) is 3. The lowest BCUT2D eigenvalue weighted by atomic mass is 10.3. The van der Waals surface area contributed by atoms with Crippen molar-refractivity contribution in [1.82, 2.24) is 4.90 Å². The predicted molar refractivity (Wildman–Crippen MR) is 42.8 cm³/mol. The van der Waals surface area contributed by atoms with E-state index in [-0.39, 0.29) is 13.0 Å². The number of aliphatic hydroxyl groups is 2. The molecule has 72 valence electrons. The molecular formula is C7H15NO4. The van der Waals surface area contributed by atoms with Gasteiger partial charge in [-0.15, -0.1) is 0 Å². The summed E-state index contributed by atoms with van der Waals surface area (Å²) in [5.74, 6) is -0.861. The maximum Gasteiger partial charge on any atom is 0.304 e. The van der Waals surface area contributed by atoms with E-state index in [0.29, 0.717) is 13.1 Å². The van der Waals surface area contributed by atoms with E-state index in [9.17, 15) is 4.79 Å². The Kier molecular flexibility index (Phi) is 5.61. The summed E-state index contributed by atoms with van der Waals surface area (Å²) < 4.78 is 0. The van der Waals surface area contributed by atoms with Gasteiger partial charge in [0.05, 0.1) is 19.1 Å². The van der Waals surface area contributed by atoms with Crippen molar-refractivity contribution in [2.45, 2.75) is 12.5 Å². The number of aliphatic hydroxyl groups excluding tert-OH is 2. The Balaban J connectivity index is 3.45. The van der Waals surface area contributed by atoms with Crippen molar-refractivity contribution in [1.29, 1.82) is 0 Å². The molecule has 3 N–H and O–H groups in total. The molecule has 5 nitrogen and oxygen atoms in total. The maximum absolute atomic E-state index is 10.1. The summed E-state index contributed by atoms with van der Waals surface area (Å²) in [4.78, 5) is 11.8. The van der Waals surface area contributed by atoms with Crippen LogP contribution in [0.5, 0.6) is 0 Å². The summed E-state index contributed by atoms with van der Waals surface area (Å²) in [5, 5.41) is 25.7. The van der Waals surface area contributed by atoms with Crippen molar-refractivity contribution in [2.75, 3.05) is 26.7 Å². The number of likely N-dealkylation sites (N-methyl/N-ethyl adjacent to an activating group) is 1. The highest BCUT2D eigenvalue weighted by Gasteiger charge is 2.07. The standard InChI is InChI=1S/C7H15NO4/c1-8(3-2-7(11)12)4-6(10)5-9/h6,9-10H,2-5H2,1H3,(H,11,12). The van der Waals surface area contributed by atoms with Crippen molar-refractivity contribution in [3.05, 3.63) is 0 Å². The molecule has 0 aromatic heterocycles. The molecule has 1 unspecified atom stereocenters. The van der Waals surface area contributed by atoms with Crippen molar-refractivity contribution >= 4 is 5.97 Å². The second-order valence-electron chi connectivity index (χ2n) is 2.74. The first-order valence-electron chi connectivity index (χ1n) is 3.75. The zero-order valence-electron chi connectivity index (χ0n) is 7.10. The summed E-state index contributed by atoms with van der Waals surface area (Å²) in [7, 11) is 1.70. The van der Waals surface area contributed by atoms with Gasteiger partial charge in [0, 0.05) is 13.1 Å². The minimum absolute atomic E-state index is 0.0502. The number of rotatable bonds is 6. The summed E-state index contributed by atoms with van der Waals surface area (Å²) >= 11 is 0. The van der Waals surface area contributed by atoms with Gasteiger partial charge >= 0.3 is 5.97 Å². The molecule has 5 heteroatoms. The van der Waals surface area contributed by atoms with Crippen LogP contribution < -0.4 is 0 Å². The van der Waals surface area contributed by atoms with E-state index < -0.39 is 12.1 Å². The van der Waals surface area contributed by atoms with E-state index in [1.165, 1.54) is 0 Å².